The zero-order valence-electron chi connectivity index (χ0n) is 18.0. The van der Waals surface area contributed by atoms with Gasteiger partial charge in [-0.15, -0.1) is 0 Å². The predicted octanol–water partition coefficient (Wildman–Crippen LogP) is 8.54. The highest BCUT2D eigenvalue weighted by Gasteiger charge is 2.34. The van der Waals surface area contributed by atoms with Gasteiger partial charge in [0.2, 0.25) is 0 Å². The van der Waals surface area contributed by atoms with Crippen molar-refractivity contribution in [2.24, 2.45) is 17.8 Å². The molecule has 2 saturated carbocycles. The highest BCUT2D eigenvalue weighted by Crippen LogP contribution is 2.44. The topological polar surface area (TPSA) is 12.9 Å². The molecule has 0 N–H and O–H groups in total. The summed E-state index contributed by atoms with van der Waals surface area (Å²) in [7, 11) is 0. The van der Waals surface area contributed by atoms with Crippen LogP contribution in [0, 0.1) is 17.8 Å². The van der Waals surface area contributed by atoms with Gasteiger partial charge < -0.3 is 0 Å². The van der Waals surface area contributed by atoms with Gasteiger partial charge in [0.1, 0.15) is 5.69 Å². The molecule has 0 aliphatic heterocycles. The molecule has 0 saturated heterocycles. The lowest BCUT2D eigenvalue weighted by Gasteiger charge is -2.38. The van der Waals surface area contributed by atoms with E-state index in [1.54, 1.807) is 6.07 Å². The lowest BCUT2D eigenvalue weighted by atomic mass is 9.68. The summed E-state index contributed by atoms with van der Waals surface area (Å²) in [6.07, 6.45) is 15.8. The van der Waals surface area contributed by atoms with Crippen LogP contribution in [0.25, 0.3) is 0 Å². The standard InChI is InChI=1S/C25H38F3N/c1-2-3-4-5-6-7-19-8-10-20(11-9-19)21-12-14-22(15-13-21)23-16-17-24(29-18-23)25(26,27)28/h16-22H,2-15H2,1H3. The van der Waals surface area contributed by atoms with Crippen LogP contribution in [0.4, 0.5) is 13.2 Å². The molecule has 0 aromatic carbocycles. The second kappa shape index (κ2) is 10.8. The van der Waals surface area contributed by atoms with Crippen molar-refractivity contribution < 1.29 is 13.2 Å². The summed E-state index contributed by atoms with van der Waals surface area (Å²) < 4.78 is 38.1. The number of alkyl halides is 3. The Hall–Kier alpha value is -1.06. The van der Waals surface area contributed by atoms with Gasteiger partial charge in [0.25, 0.3) is 0 Å². The van der Waals surface area contributed by atoms with E-state index in [-0.39, 0.29) is 0 Å². The van der Waals surface area contributed by atoms with E-state index in [2.05, 4.69) is 11.9 Å². The lowest BCUT2D eigenvalue weighted by molar-refractivity contribution is -0.141. The molecule has 1 nitrogen and oxygen atoms in total. The van der Waals surface area contributed by atoms with Gasteiger partial charge in [-0.2, -0.15) is 13.2 Å². The summed E-state index contributed by atoms with van der Waals surface area (Å²) in [4.78, 5) is 3.66. The highest BCUT2D eigenvalue weighted by molar-refractivity contribution is 5.20. The molecule has 1 aromatic rings. The summed E-state index contributed by atoms with van der Waals surface area (Å²) in [6.45, 7) is 2.27. The molecule has 0 atom stereocenters. The first-order chi connectivity index (χ1) is 14.0. The second-order valence-electron chi connectivity index (χ2n) is 9.57. The van der Waals surface area contributed by atoms with Gasteiger partial charge in [-0.05, 0) is 73.8 Å². The van der Waals surface area contributed by atoms with E-state index in [1.165, 1.54) is 83.2 Å². The fourth-order valence-corrected chi connectivity index (χ4v) is 5.72. The maximum absolute atomic E-state index is 12.7. The third kappa shape index (κ3) is 6.72. The SMILES string of the molecule is CCCCCCCC1CCC(C2CCC(c3ccc(C(F)(F)F)nc3)CC2)CC1. The molecule has 4 heteroatoms. The van der Waals surface area contributed by atoms with E-state index in [9.17, 15) is 13.2 Å². The maximum Gasteiger partial charge on any atom is 0.433 e. The van der Waals surface area contributed by atoms with E-state index in [1.807, 2.05) is 0 Å². The maximum atomic E-state index is 12.7. The van der Waals surface area contributed by atoms with Gasteiger partial charge in [-0.25, -0.2) is 0 Å². The van der Waals surface area contributed by atoms with Crippen LogP contribution in [0.15, 0.2) is 18.3 Å². The molecule has 0 spiro atoms. The van der Waals surface area contributed by atoms with Crippen LogP contribution < -0.4 is 0 Å². The van der Waals surface area contributed by atoms with Crippen molar-refractivity contribution >= 4 is 0 Å². The quantitative estimate of drug-likeness (QED) is 0.392. The van der Waals surface area contributed by atoms with Crippen molar-refractivity contribution in [3.8, 4) is 0 Å². The minimum absolute atomic E-state index is 0.389. The van der Waals surface area contributed by atoms with Gasteiger partial charge in [-0.1, -0.05) is 64.4 Å². The molecule has 2 fully saturated rings. The van der Waals surface area contributed by atoms with Crippen molar-refractivity contribution in [3.63, 3.8) is 0 Å². The molecule has 29 heavy (non-hydrogen) atoms. The molecule has 2 aliphatic rings. The van der Waals surface area contributed by atoms with E-state index in [0.29, 0.717) is 5.92 Å². The first kappa shape index (κ1) is 22.6. The Morgan fingerprint density at radius 1 is 0.828 bits per heavy atom. The highest BCUT2D eigenvalue weighted by atomic mass is 19.4. The molecule has 0 amide bonds. The van der Waals surface area contributed by atoms with Crippen LogP contribution in [0.1, 0.15) is 114 Å². The van der Waals surface area contributed by atoms with Crippen LogP contribution in [0.3, 0.4) is 0 Å². The zero-order chi connectivity index (χ0) is 20.7. The monoisotopic (exact) mass is 409 g/mol. The smallest absolute Gasteiger partial charge is 0.251 e. The minimum atomic E-state index is -4.34. The number of hydrogen-bond acceptors (Lipinski definition) is 1. The average Bonchev–Trinajstić information content (AvgIpc) is 2.74. The molecule has 0 unspecified atom stereocenters. The van der Waals surface area contributed by atoms with Crippen LogP contribution in [-0.2, 0) is 6.18 Å². The number of nitrogens with zero attached hydrogens (tertiary/aromatic N) is 1. The Bertz CT molecular complexity index is 579. The van der Waals surface area contributed by atoms with Crippen molar-refractivity contribution in [1.82, 2.24) is 4.98 Å². The Kier molecular flexibility index (Phi) is 8.44. The summed E-state index contributed by atoms with van der Waals surface area (Å²) in [5.74, 6) is 3.07. The normalized spacial score (nSPS) is 28.4. The molecule has 1 heterocycles. The number of aromatic nitrogens is 1. The second-order valence-corrected chi connectivity index (χ2v) is 9.57. The van der Waals surface area contributed by atoms with E-state index in [4.69, 9.17) is 0 Å². The summed E-state index contributed by atoms with van der Waals surface area (Å²) >= 11 is 0. The Morgan fingerprint density at radius 2 is 1.45 bits per heavy atom. The third-order valence-electron chi connectivity index (χ3n) is 7.59. The fourth-order valence-electron chi connectivity index (χ4n) is 5.72. The number of unbranched alkanes of at least 4 members (excludes halogenated alkanes) is 4. The molecular weight excluding hydrogens is 371 g/mol. The summed E-state index contributed by atoms with van der Waals surface area (Å²) in [5, 5.41) is 0. The predicted molar refractivity (Wildman–Crippen MR) is 113 cm³/mol. The van der Waals surface area contributed by atoms with Crippen molar-refractivity contribution in [3.05, 3.63) is 29.6 Å². The van der Waals surface area contributed by atoms with Crippen molar-refractivity contribution in [2.75, 3.05) is 0 Å². The Balaban J connectivity index is 1.37. The first-order valence-electron chi connectivity index (χ1n) is 12.0. The molecular formula is C25H38F3N. The molecule has 0 bridgehead atoms. The molecule has 3 rings (SSSR count). The third-order valence-corrected chi connectivity index (χ3v) is 7.59. The van der Waals surface area contributed by atoms with Crippen LogP contribution in [0.5, 0.6) is 0 Å². The van der Waals surface area contributed by atoms with Crippen LogP contribution >= 0.6 is 0 Å². The van der Waals surface area contributed by atoms with Crippen LogP contribution in [0.2, 0.25) is 0 Å². The van der Waals surface area contributed by atoms with E-state index < -0.39 is 11.9 Å². The van der Waals surface area contributed by atoms with Gasteiger partial charge in [0.05, 0.1) is 0 Å². The fraction of sp³-hybridized carbons (Fsp3) is 0.800. The molecule has 1 aromatic heterocycles. The van der Waals surface area contributed by atoms with Gasteiger partial charge >= 0.3 is 6.18 Å². The van der Waals surface area contributed by atoms with E-state index >= 15 is 0 Å². The Labute approximate surface area is 174 Å². The van der Waals surface area contributed by atoms with Gasteiger partial charge in [-0.3, -0.25) is 4.98 Å². The number of pyridine rings is 1. The number of hydrogen-bond donors (Lipinski definition) is 0. The number of halogens is 3. The number of rotatable bonds is 8. The van der Waals surface area contributed by atoms with Gasteiger partial charge in [0, 0.05) is 6.20 Å². The Morgan fingerprint density at radius 3 is 2.00 bits per heavy atom. The molecule has 0 radical (unpaired) electrons. The van der Waals surface area contributed by atoms with Gasteiger partial charge in [0.15, 0.2) is 0 Å². The van der Waals surface area contributed by atoms with Crippen LogP contribution in [-0.4, -0.2) is 4.98 Å². The largest absolute Gasteiger partial charge is 0.433 e. The zero-order valence-corrected chi connectivity index (χ0v) is 18.0. The summed E-state index contributed by atoms with van der Waals surface area (Å²) in [6, 6.07) is 2.79. The first-order valence-corrected chi connectivity index (χ1v) is 12.0. The van der Waals surface area contributed by atoms with Crippen molar-refractivity contribution in [2.45, 2.75) is 109 Å². The van der Waals surface area contributed by atoms with Crippen molar-refractivity contribution in [1.29, 1.82) is 0 Å². The molecule has 164 valence electrons. The summed E-state index contributed by atoms with van der Waals surface area (Å²) in [5.41, 5.74) is 0.209. The lowest BCUT2D eigenvalue weighted by Crippen LogP contribution is -2.25. The minimum Gasteiger partial charge on any atom is -0.251 e. The van der Waals surface area contributed by atoms with E-state index in [0.717, 1.165) is 42.2 Å². The average molecular weight is 410 g/mol. The molecule has 2 aliphatic carbocycles.